The van der Waals surface area contributed by atoms with Crippen molar-refractivity contribution in [1.82, 2.24) is 3.53 Å². The van der Waals surface area contributed by atoms with Gasteiger partial charge in [-0.15, -0.1) is 6.58 Å². The Morgan fingerprint density at radius 3 is 2.23 bits per heavy atom. The van der Waals surface area contributed by atoms with Crippen molar-refractivity contribution in [2.45, 2.75) is 26.4 Å². The number of rotatable bonds is 4. The van der Waals surface area contributed by atoms with E-state index in [0.717, 1.165) is 0 Å². The summed E-state index contributed by atoms with van der Waals surface area (Å²) in [7, 11) is 1.59. The largest absolute Gasteiger partial charge is 0.377 e. The highest BCUT2D eigenvalue weighted by molar-refractivity contribution is 14.1. The first-order valence-corrected chi connectivity index (χ1v) is 5.03. The predicted octanol–water partition coefficient (Wildman–Crippen LogP) is 2.07. The summed E-state index contributed by atoms with van der Waals surface area (Å²) in [5.41, 5.74) is -1.28. The van der Waals surface area contributed by atoms with Crippen molar-refractivity contribution in [3.05, 3.63) is 12.7 Å². The van der Waals surface area contributed by atoms with Gasteiger partial charge in [0.25, 0.3) is 0 Å². The van der Waals surface area contributed by atoms with Crippen molar-refractivity contribution in [1.29, 1.82) is 0 Å². The Kier molecular flexibility index (Phi) is 4.38. The van der Waals surface area contributed by atoms with Crippen molar-refractivity contribution >= 4 is 28.8 Å². The molecule has 3 nitrogen and oxygen atoms in total. The van der Waals surface area contributed by atoms with E-state index in [2.05, 4.69) is 10.1 Å². The number of carbonyl (C=O) groups is 1. The highest BCUT2D eigenvalue weighted by atomic mass is 127. The standard InChI is InChI=1S/C9H16INO2/c1-6-9(4,7(12)11-10)8(2,3)13-5/h6H,1H2,2-5H3,(H,11,12). The van der Waals surface area contributed by atoms with E-state index < -0.39 is 11.0 Å². The van der Waals surface area contributed by atoms with E-state index in [4.69, 9.17) is 4.74 Å². The summed E-state index contributed by atoms with van der Waals surface area (Å²) in [5, 5.41) is 0. The van der Waals surface area contributed by atoms with E-state index in [1.54, 1.807) is 20.1 Å². The van der Waals surface area contributed by atoms with Crippen LogP contribution < -0.4 is 3.53 Å². The molecule has 1 N–H and O–H groups in total. The minimum absolute atomic E-state index is 0.102. The van der Waals surface area contributed by atoms with Gasteiger partial charge in [-0.05, 0) is 20.8 Å². The highest BCUT2D eigenvalue weighted by Gasteiger charge is 2.45. The molecule has 0 aromatic rings. The zero-order valence-corrected chi connectivity index (χ0v) is 10.6. The third kappa shape index (κ3) is 2.22. The van der Waals surface area contributed by atoms with Gasteiger partial charge in [0, 0.05) is 7.11 Å². The maximum absolute atomic E-state index is 11.6. The average Bonchev–Trinajstić information content (AvgIpc) is 2.14. The van der Waals surface area contributed by atoms with Gasteiger partial charge in [-0.3, -0.25) is 8.32 Å². The number of halogens is 1. The summed E-state index contributed by atoms with van der Waals surface area (Å²) in [5.74, 6) is -0.102. The van der Waals surface area contributed by atoms with Gasteiger partial charge in [0.2, 0.25) is 5.91 Å². The Hall–Kier alpha value is -0.100. The van der Waals surface area contributed by atoms with Crippen molar-refractivity contribution < 1.29 is 9.53 Å². The van der Waals surface area contributed by atoms with Gasteiger partial charge in [0.1, 0.15) is 0 Å². The van der Waals surface area contributed by atoms with Gasteiger partial charge < -0.3 is 4.74 Å². The molecule has 0 fully saturated rings. The zero-order chi connectivity index (χ0) is 10.7. The molecule has 0 aromatic heterocycles. The van der Waals surface area contributed by atoms with Gasteiger partial charge in [-0.1, -0.05) is 6.08 Å². The van der Waals surface area contributed by atoms with E-state index in [0.29, 0.717) is 0 Å². The molecule has 0 saturated heterocycles. The fourth-order valence-electron chi connectivity index (χ4n) is 0.922. The fourth-order valence-corrected chi connectivity index (χ4v) is 1.48. The number of ether oxygens (including phenoxy) is 1. The molecule has 13 heavy (non-hydrogen) atoms. The second-order valence-corrected chi connectivity index (χ2v) is 4.08. The van der Waals surface area contributed by atoms with Crippen LogP contribution in [-0.4, -0.2) is 18.6 Å². The molecular formula is C9H16INO2. The van der Waals surface area contributed by atoms with Crippen molar-refractivity contribution in [3.8, 4) is 0 Å². The van der Waals surface area contributed by atoms with Gasteiger partial charge >= 0.3 is 0 Å². The molecular weight excluding hydrogens is 281 g/mol. The zero-order valence-electron chi connectivity index (χ0n) is 8.48. The topological polar surface area (TPSA) is 38.3 Å². The smallest absolute Gasteiger partial charge is 0.241 e. The monoisotopic (exact) mass is 297 g/mol. The first-order chi connectivity index (χ1) is 5.85. The van der Waals surface area contributed by atoms with E-state index in [1.807, 2.05) is 36.7 Å². The Balaban J connectivity index is 5.04. The lowest BCUT2D eigenvalue weighted by Crippen LogP contribution is -2.50. The Labute approximate surface area is 93.4 Å². The van der Waals surface area contributed by atoms with Crippen LogP contribution in [0.25, 0.3) is 0 Å². The normalized spacial score (nSPS) is 16.1. The number of carbonyl (C=O) groups excluding carboxylic acids is 1. The Bertz CT molecular complexity index is 216. The SMILES string of the molecule is C=CC(C)(C(=O)NI)C(C)(C)OC. The lowest BCUT2D eigenvalue weighted by atomic mass is 9.75. The lowest BCUT2D eigenvalue weighted by Gasteiger charge is -2.38. The van der Waals surface area contributed by atoms with Crippen LogP contribution in [0.15, 0.2) is 12.7 Å². The van der Waals surface area contributed by atoms with Gasteiger partial charge in [-0.25, -0.2) is 0 Å². The molecule has 0 radical (unpaired) electrons. The summed E-state index contributed by atoms with van der Waals surface area (Å²) in [6, 6.07) is 0. The summed E-state index contributed by atoms with van der Waals surface area (Å²) in [4.78, 5) is 11.6. The lowest BCUT2D eigenvalue weighted by molar-refractivity contribution is -0.139. The Morgan fingerprint density at radius 2 is 2.00 bits per heavy atom. The molecule has 76 valence electrons. The second-order valence-electron chi connectivity index (χ2n) is 3.54. The molecule has 0 heterocycles. The number of nitrogens with one attached hydrogen (secondary N) is 1. The molecule has 0 bridgehead atoms. The summed E-state index contributed by atoms with van der Waals surface area (Å²) in [6.07, 6.45) is 1.62. The molecule has 0 rings (SSSR count). The van der Waals surface area contributed by atoms with E-state index >= 15 is 0 Å². The molecule has 0 aliphatic carbocycles. The number of methoxy groups -OCH3 is 1. The number of hydrogen-bond donors (Lipinski definition) is 1. The van der Waals surface area contributed by atoms with Crippen LogP contribution >= 0.6 is 22.9 Å². The van der Waals surface area contributed by atoms with E-state index in [1.165, 1.54) is 0 Å². The summed E-state index contributed by atoms with van der Waals surface area (Å²) < 4.78 is 7.86. The van der Waals surface area contributed by atoms with Crippen LogP contribution in [0, 0.1) is 5.41 Å². The Morgan fingerprint density at radius 1 is 1.54 bits per heavy atom. The van der Waals surface area contributed by atoms with Gasteiger partial charge in [-0.2, -0.15) is 0 Å². The van der Waals surface area contributed by atoms with E-state index in [9.17, 15) is 4.79 Å². The molecule has 0 aliphatic rings. The second kappa shape index (κ2) is 4.41. The molecule has 1 amide bonds. The van der Waals surface area contributed by atoms with Crippen molar-refractivity contribution in [3.63, 3.8) is 0 Å². The molecule has 1 atom stereocenters. The van der Waals surface area contributed by atoms with Gasteiger partial charge in [0.15, 0.2) is 0 Å². The quantitative estimate of drug-likeness (QED) is 0.490. The predicted molar refractivity (Wildman–Crippen MR) is 61.6 cm³/mol. The summed E-state index contributed by atoms with van der Waals surface area (Å²) in [6.45, 7) is 9.20. The van der Waals surface area contributed by atoms with Crippen LogP contribution in [0.1, 0.15) is 20.8 Å². The fraction of sp³-hybridized carbons (Fsp3) is 0.667. The van der Waals surface area contributed by atoms with Crippen LogP contribution in [0.4, 0.5) is 0 Å². The van der Waals surface area contributed by atoms with E-state index in [-0.39, 0.29) is 5.91 Å². The minimum Gasteiger partial charge on any atom is -0.377 e. The third-order valence-corrected chi connectivity index (χ3v) is 3.22. The van der Waals surface area contributed by atoms with Crippen LogP contribution in [0.3, 0.4) is 0 Å². The number of hydrogen-bond acceptors (Lipinski definition) is 2. The molecule has 0 aromatic carbocycles. The first-order valence-electron chi connectivity index (χ1n) is 3.95. The van der Waals surface area contributed by atoms with Crippen molar-refractivity contribution in [2.24, 2.45) is 5.41 Å². The van der Waals surface area contributed by atoms with Crippen LogP contribution in [0.5, 0.6) is 0 Å². The molecule has 0 aliphatic heterocycles. The van der Waals surface area contributed by atoms with Gasteiger partial charge in [0.05, 0.1) is 33.9 Å². The summed E-state index contributed by atoms with van der Waals surface area (Å²) >= 11 is 1.82. The van der Waals surface area contributed by atoms with Crippen molar-refractivity contribution in [2.75, 3.05) is 7.11 Å². The maximum Gasteiger partial charge on any atom is 0.241 e. The number of amides is 1. The highest BCUT2D eigenvalue weighted by Crippen LogP contribution is 2.35. The third-order valence-electron chi connectivity index (χ3n) is 2.73. The minimum atomic E-state index is -0.719. The average molecular weight is 297 g/mol. The maximum atomic E-state index is 11.6. The van der Waals surface area contributed by atoms with Crippen LogP contribution in [0.2, 0.25) is 0 Å². The molecule has 0 saturated carbocycles. The van der Waals surface area contributed by atoms with Crippen LogP contribution in [-0.2, 0) is 9.53 Å². The first kappa shape index (κ1) is 12.9. The molecule has 1 unspecified atom stereocenters. The molecule has 4 heteroatoms. The molecule has 0 spiro atoms.